The number of amides is 2. The number of benzene rings is 2. The zero-order valence-electron chi connectivity index (χ0n) is 22.0. The SMILES string of the molecule is CCC(C(=O)NC1CCCCC1)N(Cc1c(Cl)cccc1Cl)C(=O)CCCN(c1ccccc1)S(C)(=O)=O. The Morgan fingerprint density at radius 1 is 1.00 bits per heavy atom. The fraction of sp³-hybridized carbons (Fsp3) is 0.500. The first-order valence-corrected chi connectivity index (χ1v) is 15.8. The summed E-state index contributed by atoms with van der Waals surface area (Å²) < 4.78 is 26.2. The molecule has 0 heterocycles. The fourth-order valence-electron chi connectivity index (χ4n) is 4.92. The molecule has 2 aromatic rings. The van der Waals surface area contributed by atoms with E-state index in [1.807, 2.05) is 13.0 Å². The third-order valence-electron chi connectivity index (χ3n) is 6.92. The van der Waals surface area contributed by atoms with Gasteiger partial charge < -0.3 is 10.2 Å². The summed E-state index contributed by atoms with van der Waals surface area (Å²) in [5, 5.41) is 3.99. The van der Waals surface area contributed by atoms with E-state index in [1.54, 1.807) is 47.4 Å². The van der Waals surface area contributed by atoms with Gasteiger partial charge in [0, 0.05) is 41.2 Å². The predicted molar refractivity (Wildman–Crippen MR) is 154 cm³/mol. The lowest BCUT2D eigenvalue weighted by Crippen LogP contribution is -2.51. The van der Waals surface area contributed by atoms with Gasteiger partial charge in [-0.2, -0.15) is 0 Å². The Morgan fingerprint density at radius 2 is 1.63 bits per heavy atom. The Kier molecular flexibility index (Phi) is 11.3. The van der Waals surface area contributed by atoms with Gasteiger partial charge in [0.15, 0.2) is 0 Å². The molecule has 10 heteroatoms. The number of anilines is 1. The molecule has 1 saturated carbocycles. The van der Waals surface area contributed by atoms with Crippen molar-refractivity contribution in [2.24, 2.45) is 0 Å². The van der Waals surface area contributed by atoms with E-state index in [-0.39, 0.29) is 43.8 Å². The highest BCUT2D eigenvalue weighted by atomic mass is 35.5. The van der Waals surface area contributed by atoms with E-state index in [9.17, 15) is 18.0 Å². The maximum absolute atomic E-state index is 13.6. The largest absolute Gasteiger partial charge is 0.352 e. The van der Waals surface area contributed by atoms with E-state index in [0.29, 0.717) is 27.7 Å². The van der Waals surface area contributed by atoms with E-state index < -0.39 is 16.1 Å². The van der Waals surface area contributed by atoms with Crippen LogP contribution in [0.1, 0.15) is 63.9 Å². The van der Waals surface area contributed by atoms with Crippen molar-refractivity contribution in [3.05, 3.63) is 64.1 Å². The van der Waals surface area contributed by atoms with Crippen LogP contribution in [0.15, 0.2) is 48.5 Å². The number of nitrogens with zero attached hydrogens (tertiary/aromatic N) is 2. The van der Waals surface area contributed by atoms with Crippen molar-refractivity contribution in [1.29, 1.82) is 0 Å². The van der Waals surface area contributed by atoms with Crippen molar-refractivity contribution in [2.45, 2.75) is 76.9 Å². The minimum absolute atomic E-state index is 0.0636. The molecule has 0 spiro atoms. The maximum Gasteiger partial charge on any atom is 0.243 e. The minimum atomic E-state index is -3.54. The third-order valence-corrected chi connectivity index (χ3v) is 8.83. The van der Waals surface area contributed by atoms with Gasteiger partial charge in [0.1, 0.15) is 6.04 Å². The Morgan fingerprint density at radius 3 is 2.21 bits per heavy atom. The van der Waals surface area contributed by atoms with Crippen molar-refractivity contribution in [1.82, 2.24) is 10.2 Å². The van der Waals surface area contributed by atoms with Gasteiger partial charge in [0.2, 0.25) is 21.8 Å². The van der Waals surface area contributed by atoms with Crippen molar-refractivity contribution in [3.8, 4) is 0 Å². The molecule has 3 rings (SSSR count). The maximum atomic E-state index is 13.6. The second kappa shape index (κ2) is 14.2. The van der Waals surface area contributed by atoms with Crippen LogP contribution in [-0.4, -0.2) is 50.0 Å². The van der Waals surface area contributed by atoms with Gasteiger partial charge in [-0.25, -0.2) is 8.42 Å². The smallest absolute Gasteiger partial charge is 0.243 e. The molecule has 0 aromatic heterocycles. The Bertz CT molecular complexity index is 1170. The molecule has 7 nitrogen and oxygen atoms in total. The number of halogens is 2. The van der Waals surface area contributed by atoms with Gasteiger partial charge in [-0.05, 0) is 49.9 Å². The van der Waals surface area contributed by atoms with E-state index in [2.05, 4.69) is 5.32 Å². The standard InChI is InChI=1S/C28H37Cl2N3O4S/c1-3-26(28(35)31-21-12-6-4-7-13-21)32(20-23-24(29)16-10-17-25(23)30)27(34)18-11-19-33(38(2,36)37)22-14-8-5-9-15-22/h5,8-10,14-17,21,26H,3-4,6-7,11-13,18-20H2,1-2H3,(H,31,35). The molecule has 0 radical (unpaired) electrons. The molecule has 0 bridgehead atoms. The van der Waals surface area contributed by atoms with Crippen LogP contribution in [0.2, 0.25) is 10.0 Å². The average molecular weight is 583 g/mol. The number of carbonyl (C=O) groups is 2. The fourth-order valence-corrected chi connectivity index (χ4v) is 6.40. The third kappa shape index (κ3) is 8.35. The zero-order chi connectivity index (χ0) is 27.7. The first-order chi connectivity index (χ1) is 18.1. The molecular formula is C28H37Cl2N3O4S. The molecule has 1 atom stereocenters. The number of hydrogen-bond donors (Lipinski definition) is 1. The zero-order valence-corrected chi connectivity index (χ0v) is 24.4. The predicted octanol–water partition coefficient (Wildman–Crippen LogP) is 5.80. The van der Waals surface area contributed by atoms with Crippen LogP contribution in [0.4, 0.5) is 5.69 Å². The first kappa shape index (κ1) is 30.3. The second-order valence-corrected chi connectivity index (χ2v) is 12.5. The van der Waals surface area contributed by atoms with Gasteiger partial charge in [0.05, 0.1) is 11.9 Å². The topological polar surface area (TPSA) is 86.8 Å². The normalized spacial score (nSPS) is 15.1. The number of nitrogens with one attached hydrogen (secondary N) is 1. The highest BCUT2D eigenvalue weighted by molar-refractivity contribution is 7.92. The van der Waals surface area contributed by atoms with Crippen LogP contribution in [0.25, 0.3) is 0 Å². The van der Waals surface area contributed by atoms with Crippen molar-refractivity contribution >= 4 is 50.7 Å². The summed E-state index contributed by atoms with van der Waals surface area (Å²) in [6.45, 7) is 2.10. The Balaban J connectivity index is 1.79. The van der Waals surface area contributed by atoms with Crippen molar-refractivity contribution in [3.63, 3.8) is 0 Å². The Labute approximate surface area is 236 Å². The van der Waals surface area contributed by atoms with Gasteiger partial charge in [-0.15, -0.1) is 0 Å². The molecule has 1 aliphatic rings. The van der Waals surface area contributed by atoms with E-state index in [4.69, 9.17) is 23.2 Å². The number of hydrogen-bond acceptors (Lipinski definition) is 4. The minimum Gasteiger partial charge on any atom is -0.352 e. The van der Waals surface area contributed by atoms with Crippen molar-refractivity contribution in [2.75, 3.05) is 17.1 Å². The van der Waals surface area contributed by atoms with Gasteiger partial charge in [-0.1, -0.05) is 73.7 Å². The molecule has 1 fully saturated rings. The molecule has 208 valence electrons. The molecule has 1 unspecified atom stereocenters. The number of para-hydroxylation sites is 1. The van der Waals surface area contributed by atoms with Crippen LogP contribution >= 0.6 is 23.2 Å². The molecule has 2 aromatic carbocycles. The van der Waals surface area contributed by atoms with Gasteiger partial charge in [-0.3, -0.25) is 13.9 Å². The monoisotopic (exact) mass is 581 g/mol. The number of carbonyl (C=O) groups excluding carboxylic acids is 2. The summed E-state index contributed by atoms with van der Waals surface area (Å²) in [6.07, 6.45) is 7.13. The summed E-state index contributed by atoms with van der Waals surface area (Å²) in [6, 6.07) is 13.4. The van der Waals surface area contributed by atoms with E-state index >= 15 is 0 Å². The molecule has 0 saturated heterocycles. The van der Waals surface area contributed by atoms with Crippen LogP contribution in [0.3, 0.4) is 0 Å². The highest BCUT2D eigenvalue weighted by Gasteiger charge is 2.31. The van der Waals surface area contributed by atoms with Crippen LogP contribution in [0, 0.1) is 0 Å². The molecular weight excluding hydrogens is 545 g/mol. The number of rotatable bonds is 12. The molecule has 38 heavy (non-hydrogen) atoms. The summed E-state index contributed by atoms with van der Waals surface area (Å²) in [5.74, 6) is -0.439. The lowest BCUT2D eigenvalue weighted by atomic mass is 9.95. The average Bonchev–Trinajstić information content (AvgIpc) is 2.88. The lowest BCUT2D eigenvalue weighted by molar-refractivity contribution is -0.141. The molecule has 2 amide bonds. The quantitative estimate of drug-likeness (QED) is 0.343. The second-order valence-electron chi connectivity index (χ2n) is 9.76. The van der Waals surface area contributed by atoms with Crippen LogP contribution in [-0.2, 0) is 26.2 Å². The van der Waals surface area contributed by atoms with E-state index in [0.717, 1.165) is 31.9 Å². The summed E-state index contributed by atoms with van der Waals surface area (Å²) in [4.78, 5) is 28.6. The number of sulfonamides is 1. The van der Waals surface area contributed by atoms with Crippen LogP contribution < -0.4 is 9.62 Å². The molecule has 0 aliphatic heterocycles. The van der Waals surface area contributed by atoms with Crippen LogP contribution in [0.5, 0.6) is 0 Å². The highest BCUT2D eigenvalue weighted by Crippen LogP contribution is 2.28. The summed E-state index contributed by atoms with van der Waals surface area (Å²) in [5.41, 5.74) is 1.12. The Hall–Kier alpha value is -2.29. The molecule has 1 aliphatic carbocycles. The molecule has 1 N–H and O–H groups in total. The van der Waals surface area contributed by atoms with Gasteiger partial charge in [0.25, 0.3) is 0 Å². The first-order valence-electron chi connectivity index (χ1n) is 13.2. The van der Waals surface area contributed by atoms with E-state index in [1.165, 1.54) is 10.7 Å². The summed E-state index contributed by atoms with van der Waals surface area (Å²) >= 11 is 12.9. The lowest BCUT2D eigenvalue weighted by Gasteiger charge is -2.33. The van der Waals surface area contributed by atoms with Crippen molar-refractivity contribution < 1.29 is 18.0 Å². The van der Waals surface area contributed by atoms with Gasteiger partial charge >= 0.3 is 0 Å². The summed E-state index contributed by atoms with van der Waals surface area (Å²) in [7, 11) is -3.54.